The van der Waals surface area contributed by atoms with Gasteiger partial charge in [-0.15, -0.1) is 0 Å². The van der Waals surface area contributed by atoms with Gasteiger partial charge in [-0.05, 0) is 43.3 Å². The zero-order chi connectivity index (χ0) is 21.6. The van der Waals surface area contributed by atoms with Gasteiger partial charge in [-0.2, -0.15) is 0 Å². The molecule has 8 nitrogen and oxygen atoms in total. The molecule has 3 N–H and O–H groups in total. The maximum Gasteiger partial charge on any atom is 0.251 e. The van der Waals surface area contributed by atoms with Crippen molar-refractivity contribution in [2.24, 2.45) is 0 Å². The second-order valence-electron chi connectivity index (χ2n) is 6.27. The summed E-state index contributed by atoms with van der Waals surface area (Å²) < 4.78 is 15.9. The number of para-hydroxylation sites is 2. The van der Waals surface area contributed by atoms with E-state index in [1.165, 1.54) is 0 Å². The molecule has 0 aliphatic heterocycles. The molecule has 0 fully saturated rings. The van der Waals surface area contributed by atoms with Crippen LogP contribution in [0.2, 0.25) is 0 Å². The summed E-state index contributed by atoms with van der Waals surface area (Å²) in [6, 6.07) is 14.1. The second-order valence-corrected chi connectivity index (χ2v) is 6.27. The number of anilines is 2. The fourth-order valence-corrected chi connectivity index (χ4v) is 2.55. The summed E-state index contributed by atoms with van der Waals surface area (Å²) >= 11 is 0. The van der Waals surface area contributed by atoms with Crippen molar-refractivity contribution in [3.05, 3.63) is 54.1 Å². The molecule has 0 aliphatic rings. The van der Waals surface area contributed by atoms with Gasteiger partial charge in [0.1, 0.15) is 12.4 Å². The first-order chi connectivity index (χ1) is 14.6. The molecule has 0 heterocycles. The largest absolute Gasteiger partial charge is 0.489 e. The fraction of sp³-hybridized carbons (Fsp3) is 0.364. The lowest BCUT2D eigenvalue weighted by molar-refractivity contribution is -0.114. The molecule has 0 saturated carbocycles. The van der Waals surface area contributed by atoms with Crippen molar-refractivity contribution < 1.29 is 23.8 Å². The molecule has 0 aliphatic carbocycles. The molecule has 2 aromatic rings. The molecule has 30 heavy (non-hydrogen) atoms. The van der Waals surface area contributed by atoms with Gasteiger partial charge in [0, 0.05) is 31.5 Å². The molecule has 2 amide bonds. The van der Waals surface area contributed by atoms with Crippen LogP contribution >= 0.6 is 0 Å². The number of carbonyl (C=O) groups excluding carboxylic acids is 2. The van der Waals surface area contributed by atoms with Crippen molar-refractivity contribution in [3.63, 3.8) is 0 Å². The zero-order valence-electron chi connectivity index (χ0n) is 17.4. The highest BCUT2D eigenvalue weighted by molar-refractivity contribution is 5.96. The summed E-state index contributed by atoms with van der Waals surface area (Å²) in [6.45, 7) is 4.48. The maximum atomic E-state index is 12.3. The Balaban J connectivity index is 1.81. The number of benzene rings is 2. The molecule has 0 radical (unpaired) electrons. The predicted octanol–water partition coefficient (Wildman–Crippen LogP) is 2.53. The molecule has 162 valence electrons. The number of hydrogen-bond donors (Lipinski definition) is 3. The van der Waals surface area contributed by atoms with Crippen LogP contribution in [0.3, 0.4) is 0 Å². The molecule has 0 aromatic heterocycles. The van der Waals surface area contributed by atoms with Crippen LogP contribution in [0.5, 0.6) is 5.75 Å². The lowest BCUT2D eigenvalue weighted by Crippen LogP contribution is -2.27. The quantitative estimate of drug-likeness (QED) is 0.435. The van der Waals surface area contributed by atoms with Crippen LogP contribution in [0.4, 0.5) is 11.4 Å². The van der Waals surface area contributed by atoms with E-state index in [1.807, 2.05) is 31.2 Å². The predicted molar refractivity (Wildman–Crippen MR) is 116 cm³/mol. The summed E-state index contributed by atoms with van der Waals surface area (Å²) in [5, 5.41) is 8.62. The van der Waals surface area contributed by atoms with Gasteiger partial charge >= 0.3 is 0 Å². The van der Waals surface area contributed by atoms with Crippen LogP contribution in [0.25, 0.3) is 0 Å². The van der Waals surface area contributed by atoms with Gasteiger partial charge in [-0.3, -0.25) is 9.59 Å². The summed E-state index contributed by atoms with van der Waals surface area (Å²) in [5.74, 6) is 0.262. The average molecular weight is 415 g/mol. The van der Waals surface area contributed by atoms with Crippen LogP contribution < -0.4 is 20.7 Å². The molecule has 0 unspecified atom stereocenters. The Kier molecular flexibility index (Phi) is 10.2. The Labute approximate surface area is 176 Å². The minimum atomic E-state index is -0.212. The van der Waals surface area contributed by atoms with E-state index in [1.54, 1.807) is 31.4 Å². The van der Waals surface area contributed by atoms with E-state index in [-0.39, 0.29) is 18.4 Å². The van der Waals surface area contributed by atoms with Gasteiger partial charge in [-0.25, -0.2) is 0 Å². The smallest absolute Gasteiger partial charge is 0.251 e. The van der Waals surface area contributed by atoms with Crippen molar-refractivity contribution in [2.75, 3.05) is 57.3 Å². The molecule has 0 spiro atoms. The maximum absolute atomic E-state index is 12.3. The normalized spacial score (nSPS) is 10.3. The van der Waals surface area contributed by atoms with E-state index in [4.69, 9.17) is 14.2 Å². The standard InChI is InChI=1S/C22H29N3O5/c1-3-29-14-15-30-20-7-5-4-6-19(20)24-16-21(26)25-18-10-8-17(9-11-18)22(27)23-12-13-28-2/h4-11,24H,3,12-16H2,1-2H3,(H,23,27)(H,25,26). The first kappa shape index (κ1) is 23.2. The first-order valence-electron chi connectivity index (χ1n) is 9.84. The third-order valence-corrected chi connectivity index (χ3v) is 4.04. The van der Waals surface area contributed by atoms with E-state index < -0.39 is 0 Å². The summed E-state index contributed by atoms with van der Waals surface area (Å²) in [4.78, 5) is 24.2. The Morgan fingerprint density at radius 1 is 0.967 bits per heavy atom. The molecule has 2 rings (SSSR count). The molecular formula is C22H29N3O5. The third kappa shape index (κ3) is 8.10. The molecular weight excluding hydrogens is 386 g/mol. The topological polar surface area (TPSA) is 97.9 Å². The number of nitrogens with one attached hydrogen (secondary N) is 3. The molecule has 0 atom stereocenters. The second kappa shape index (κ2) is 13.2. The fourth-order valence-electron chi connectivity index (χ4n) is 2.55. The van der Waals surface area contributed by atoms with Gasteiger partial charge in [0.05, 0.1) is 25.4 Å². The lowest BCUT2D eigenvalue weighted by Gasteiger charge is -2.13. The third-order valence-electron chi connectivity index (χ3n) is 4.04. The Hall–Kier alpha value is -3.10. The van der Waals surface area contributed by atoms with Crippen LogP contribution in [-0.4, -0.2) is 58.4 Å². The average Bonchev–Trinajstić information content (AvgIpc) is 2.76. The van der Waals surface area contributed by atoms with Gasteiger partial charge in [0.25, 0.3) is 5.91 Å². The van der Waals surface area contributed by atoms with Crippen molar-refractivity contribution in [2.45, 2.75) is 6.92 Å². The van der Waals surface area contributed by atoms with Crippen molar-refractivity contribution >= 4 is 23.2 Å². The van der Waals surface area contributed by atoms with Crippen LogP contribution in [0.15, 0.2) is 48.5 Å². The lowest BCUT2D eigenvalue weighted by atomic mass is 10.2. The number of carbonyl (C=O) groups is 2. The van der Waals surface area contributed by atoms with E-state index in [0.717, 1.165) is 5.69 Å². The molecule has 0 bridgehead atoms. The number of ether oxygens (including phenoxy) is 3. The molecule has 8 heteroatoms. The van der Waals surface area contributed by atoms with Gasteiger partial charge in [0.15, 0.2) is 0 Å². The van der Waals surface area contributed by atoms with Crippen molar-refractivity contribution in [1.29, 1.82) is 0 Å². The summed E-state index contributed by atoms with van der Waals surface area (Å²) in [6.07, 6.45) is 0. The van der Waals surface area contributed by atoms with Crippen LogP contribution in [0.1, 0.15) is 17.3 Å². The highest BCUT2D eigenvalue weighted by Crippen LogP contribution is 2.23. The zero-order valence-corrected chi connectivity index (χ0v) is 17.4. The molecule has 2 aromatic carbocycles. The SMILES string of the molecule is CCOCCOc1ccccc1NCC(=O)Nc1ccc(C(=O)NCCOC)cc1. The summed E-state index contributed by atoms with van der Waals surface area (Å²) in [5.41, 5.74) is 1.85. The Bertz CT molecular complexity index is 796. The number of hydrogen-bond acceptors (Lipinski definition) is 6. The minimum absolute atomic E-state index is 0.0745. The highest BCUT2D eigenvalue weighted by atomic mass is 16.5. The minimum Gasteiger partial charge on any atom is -0.489 e. The first-order valence-corrected chi connectivity index (χ1v) is 9.84. The highest BCUT2D eigenvalue weighted by Gasteiger charge is 2.08. The van der Waals surface area contributed by atoms with Gasteiger partial charge in [-0.1, -0.05) is 12.1 Å². The number of methoxy groups -OCH3 is 1. The van der Waals surface area contributed by atoms with Crippen LogP contribution in [0, 0.1) is 0 Å². The van der Waals surface area contributed by atoms with Gasteiger partial charge in [0.2, 0.25) is 5.91 Å². The van der Waals surface area contributed by atoms with E-state index in [0.29, 0.717) is 50.0 Å². The van der Waals surface area contributed by atoms with Crippen LogP contribution in [-0.2, 0) is 14.3 Å². The summed E-state index contributed by atoms with van der Waals surface area (Å²) in [7, 11) is 1.58. The van der Waals surface area contributed by atoms with E-state index in [2.05, 4.69) is 16.0 Å². The van der Waals surface area contributed by atoms with Gasteiger partial charge < -0.3 is 30.2 Å². The van der Waals surface area contributed by atoms with Crippen molar-refractivity contribution in [3.8, 4) is 5.75 Å². The number of amides is 2. The number of rotatable bonds is 13. The van der Waals surface area contributed by atoms with E-state index in [9.17, 15) is 9.59 Å². The Morgan fingerprint density at radius 2 is 1.73 bits per heavy atom. The van der Waals surface area contributed by atoms with E-state index >= 15 is 0 Å². The molecule has 0 saturated heterocycles. The van der Waals surface area contributed by atoms with Crippen molar-refractivity contribution in [1.82, 2.24) is 5.32 Å². The monoisotopic (exact) mass is 415 g/mol. The Morgan fingerprint density at radius 3 is 2.47 bits per heavy atom.